The standard InChI is InChI=1S/C5H11NO4/c1-10-6-2-4(8)5(9)3-7/h2,4-5,7-9H,3H2,1H3/b6-2+. The van der Waals surface area contributed by atoms with Gasteiger partial charge in [0.05, 0.1) is 12.8 Å². The number of hydrogen-bond donors (Lipinski definition) is 3. The van der Waals surface area contributed by atoms with Crippen LogP contribution >= 0.6 is 0 Å². The van der Waals surface area contributed by atoms with Gasteiger partial charge in [-0.2, -0.15) is 0 Å². The van der Waals surface area contributed by atoms with Crippen molar-refractivity contribution in [3.63, 3.8) is 0 Å². The fraction of sp³-hybridized carbons (Fsp3) is 0.800. The van der Waals surface area contributed by atoms with Crippen molar-refractivity contribution in [2.24, 2.45) is 5.16 Å². The van der Waals surface area contributed by atoms with Gasteiger partial charge in [-0.25, -0.2) is 0 Å². The van der Waals surface area contributed by atoms with Gasteiger partial charge in [-0.3, -0.25) is 0 Å². The Bertz CT molecular complexity index is 106. The first-order chi connectivity index (χ1) is 4.72. The van der Waals surface area contributed by atoms with Crippen LogP contribution in [0, 0.1) is 0 Å². The molecule has 0 aliphatic carbocycles. The van der Waals surface area contributed by atoms with Crippen molar-refractivity contribution in [1.29, 1.82) is 0 Å². The molecular weight excluding hydrogens is 138 g/mol. The maximum atomic E-state index is 8.81. The number of aliphatic hydroxyl groups excluding tert-OH is 3. The molecule has 0 amide bonds. The third kappa shape index (κ3) is 3.39. The number of hydrogen-bond acceptors (Lipinski definition) is 5. The first-order valence-corrected chi connectivity index (χ1v) is 2.76. The van der Waals surface area contributed by atoms with Gasteiger partial charge in [-0.05, 0) is 0 Å². The molecule has 0 rings (SSSR count). The van der Waals surface area contributed by atoms with Crippen LogP contribution in [0.3, 0.4) is 0 Å². The van der Waals surface area contributed by atoms with Crippen LogP contribution in [0.15, 0.2) is 5.16 Å². The van der Waals surface area contributed by atoms with E-state index >= 15 is 0 Å². The minimum atomic E-state index is -1.20. The molecule has 0 bridgehead atoms. The van der Waals surface area contributed by atoms with Crippen LogP contribution in [-0.2, 0) is 4.84 Å². The van der Waals surface area contributed by atoms with Gasteiger partial charge in [0.2, 0.25) is 0 Å². The van der Waals surface area contributed by atoms with Crippen molar-refractivity contribution < 1.29 is 20.2 Å². The highest BCUT2D eigenvalue weighted by atomic mass is 16.6. The predicted octanol–water partition coefficient (Wildman–Crippen LogP) is -1.67. The maximum absolute atomic E-state index is 8.81. The molecule has 0 aromatic heterocycles. The molecule has 0 fully saturated rings. The van der Waals surface area contributed by atoms with Crippen molar-refractivity contribution in [3.05, 3.63) is 0 Å². The summed E-state index contributed by atoms with van der Waals surface area (Å²) in [5.41, 5.74) is 0. The van der Waals surface area contributed by atoms with Crippen LogP contribution in [0.5, 0.6) is 0 Å². The summed E-state index contributed by atoms with van der Waals surface area (Å²) in [7, 11) is 1.31. The van der Waals surface area contributed by atoms with Gasteiger partial charge in [-0.1, -0.05) is 5.16 Å². The Morgan fingerprint density at radius 3 is 2.60 bits per heavy atom. The van der Waals surface area contributed by atoms with Crippen LogP contribution in [0.2, 0.25) is 0 Å². The summed E-state index contributed by atoms with van der Waals surface area (Å²) >= 11 is 0. The molecule has 0 radical (unpaired) electrons. The molecule has 60 valence electrons. The average molecular weight is 149 g/mol. The lowest BCUT2D eigenvalue weighted by molar-refractivity contribution is 0.0189. The molecule has 3 N–H and O–H groups in total. The van der Waals surface area contributed by atoms with Crippen molar-refractivity contribution in [2.45, 2.75) is 12.2 Å². The summed E-state index contributed by atoms with van der Waals surface area (Å²) in [4.78, 5) is 4.22. The molecular formula is C5H11NO4. The van der Waals surface area contributed by atoms with Crippen LogP contribution in [0.4, 0.5) is 0 Å². The molecule has 2 unspecified atom stereocenters. The van der Waals surface area contributed by atoms with Crippen molar-refractivity contribution in [2.75, 3.05) is 13.7 Å². The third-order valence-electron chi connectivity index (χ3n) is 0.900. The molecule has 5 nitrogen and oxygen atoms in total. The normalized spacial score (nSPS) is 17.2. The van der Waals surface area contributed by atoms with E-state index in [1.165, 1.54) is 7.11 Å². The second-order valence-corrected chi connectivity index (χ2v) is 1.68. The number of rotatable bonds is 4. The van der Waals surface area contributed by atoms with Gasteiger partial charge in [0, 0.05) is 0 Å². The summed E-state index contributed by atoms with van der Waals surface area (Å²) < 4.78 is 0. The highest BCUT2D eigenvalue weighted by Gasteiger charge is 2.11. The molecule has 0 saturated carbocycles. The van der Waals surface area contributed by atoms with E-state index in [1.54, 1.807) is 0 Å². The lowest BCUT2D eigenvalue weighted by Gasteiger charge is -2.08. The number of oxime groups is 1. The lowest BCUT2D eigenvalue weighted by atomic mass is 10.2. The molecule has 10 heavy (non-hydrogen) atoms. The monoisotopic (exact) mass is 149 g/mol. The van der Waals surface area contributed by atoms with E-state index in [0.29, 0.717) is 0 Å². The SMILES string of the molecule is CO/N=C/C(O)C(O)CO. The van der Waals surface area contributed by atoms with Crippen molar-refractivity contribution in [3.8, 4) is 0 Å². The Morgan fingerprint density at radius 2 is 2.20 bits per heavy atom. The zero-order valence-corrected chi connectivity index (χ0v) is 5.64. The molecule has 2 atom stereocenters. The van der Waals surface area contributed by atoms with Gasteiger partial charge in [0.1, 0.15) is 19.3 Å². The van der Waals surface area contributed by atoms with E-state index in [1.807, 2.05) is 0 Å². The fourth-order valence-corrected chi connectivity index (χ4v) is 0.331. The molecule has 0 aliphatic rings. The third-order valence-corrected chi connectivity index (χ3v) is 0.900. The average Bonchev–Trinajstić information content (AvgIpc) is 1.98. The molecule has 0 aromatic rings. The Kier molecular flexibility index (Phi) is 4.82. The summed E-state index contributed by atoms with van der Waals surface area (Å²) in [5, 5.41) is 29.0. The minimum absolute atomic E-state index is 0.503. The predicted molar refractivity (Wildman–Crippen MR) is 34.6 cm³/mol. The quantitative estimate of drug-likeness (QED) is 0.330. The Labute approximate surface area is 58.5 Å². The maximum Gasteiger partial charge on any atom is 0.120 e. The Balaban J connectivity index is 3.60. The van der Waals surface area contributed by atoms with Crippen molar-refractivity contribution in [1.82, 2.24) is 0 Å². The van der Waals surface area contributed by atoms with E-state index in [0.717, 1.165) is 6.21 Å². The van der Waals surface area contributed by atoms with E-state index in [-0.39, 0.29) is 0 Å². The zero-order valence-electron chi connectivity index (χ0n) is 5.64. The first-order valence-electron chi connectivity index (χ1n) is 2.76. The molecule has 5 heteroatoms. The van der Waals surface area contributed by atoms with Gasteiger partial charge in [0.15, 0.2) is 0 Å². The van der Waals surface area contributed by atoms with Gasteiger partial charge in [0.25, 0.3) is 0 Å². The van der Waals surface area contributed by atoms with Crippen LogP contribution < -0.4 is 0 Å². The van der Waals surface area contributed by atoms with E-state index in [4.69, 9.17) is 15.3 Å². The van der Waals surface area contributed by atoms with E-state index in [2.05, 4.69) is 9.99 Å². The fourth-order valence-electron chi connectivity index (χ4n) is 0.331. The Morgan fingerprint density at radius 1 is 1.60 bits per heavy atom. The van der Waals surface area contributed by atoms with Crippen molar-refractivity contribution >= 4 is 6.21 Å². The summed E-state index contributed by atoms with van der Waals surface area (Å²) in [6.45, 7) is -0.503. The van der Waals surface area contributed by atoms with Crippen LogP contribution in [0.25, 0.3) is 0 Å². The zero-order chi connectivity index (χ0) is 7.98. The summed E-state index contributed by atoms with van der Waals surface area (Å²) in [5.74, 6) is 0. The Hall–Kier alpha value is -0.650. The molecule has 0 saturated heterocycles. The largest absolute Gasteiger partial charge is 0.399 e. The molecule has 0 aliphatic heterocycles. The summed E-state index contributed by atoms with van der Waals surface area (Å²) in [6, 6.07) is 0. The topological polar surface area (TPSA) is 82.3 Å². The first kappa shape index (κ1) is 9.35. The van der Waals surface area contributed by atoms with Crippen LogP contribution in [-0.4, -0.2) is 47.5 Å². The number of aliphatic hydroxyl groups is 3. The molecule has 0 spiro atoms. The van der Waals surface area contributed by atoms with Gasteiger partial charge in [-0.15, -0.1) is 0 Å². The second-order valence-electron chi connectivity index (χ2n) is 1.68. The number of nitrogens with zero attached hydrogens (tertiary/aromatic N) is 1. The van der Waals surface area contributed by atoms with Gasteiger partial charge >= 0.3 is 0 Å². The smallest absolute Gasteiger partial charge is 0.120 e. The minimum Gasteiger partial charge on any atom is -0.399 e. The molecule has 0 heterocycles. The lowest BCUT2D eigenvalue weighted by Crippen LogP contribution is -2.30. The van der Waals surface area contributed by atoms with E-state index in [9.17, 15) is 0 Å². The highest BCUT2D eigenvalue weighted by Crippen LogP contribution is 1.88. The van der Waals surface area contributed by atoms with Crippen LogP contribution in [0.1, 0.15) is 0 Å². The molecule has 0 aromatic carbocycles. The highest BCUT2D eigenvalue weighted by molar-refractivity contribution is 5.62. The second kappa shape index (κ2) is 5.16. The van der Waals surface area contributed by atoms with Gasteiger partial charge < -0.3 is 20.2 Å². The summed E-state index contributed by atoms with van der Waals surface area (Å²) in [6.07, 6.45) is -1.37. The van der Waals surface area contributed by atoms with E-state index < -0.39 is 18.8 Å².